The Morgan fingerprint density at radius 1 is 1.29 bits per heavy atom. The Kier molecular flexibility index (Phi) is 6.93. The van der Waals surface area contributed by atoms with Gasteiger partial charge in [0.2, 0.25) is 0 Å². The summed E-state index contributed by atoms with van der Waals surface area (Å²) in [5.74, 6) is 0. The highest BCUT2D eigenvalue weighted by molar-refractivity contribution is 5.74. The summed E-state index contributed by atoms with van der Waals surface area (Å²) in [5.41, 5.74) is 0.0570. The standard InChI is InChI=1S/C19H36N2O3/c1-18(2,3)15-21(11-7-12-22)17(23)20-16-8-13-24-19(14-16)9-5-4-6-10-19/h16,22H,4-15H2,1-3H3,(H,20,23). The number of urea groups is 1. The van der Waals surface area contributed by atoms with E-state index < -0.39 is 0 Å². The number of rotatable bonds is 5. The van der Waals surface area contributed by atoms with Gasteiger partial charge in [-0.1, -0.05) is 40.0 Å². The minimum atomic E-state index is 0.00834. The van der Waals surface area contributed by atoms with Gasteiger partial charge < -0.3 is 20.1 Å². The van der Waals surface area contributed by atoms with Crippen LogP contribution in [-0.2, 0) is 4.74 Å². The van der Waals surface area contributed by atoms with Crippen LogP contribution in [0.1, 0.15) is 72.1 Å². The molecule has 0 aromatic heterocycles. The SMILES string of the molecule is CC(C)(C)CN(CCCO)C(=O)NC1CCOC2(CCCCC2)C1. The Balaban J connectivity index is 1.92. The third kappa shape index (κ3) is 5.92. The summed E-state index contributed by atoms with van der Waals surface area (Å²) < 4.78 is 6.13. The zero-order chi connectivity index (χ0) is 17.6. The lowest BCUT2D eigenvalue weighted by Crippen LogP contribution is -2.53. The van der Waals surface area contributed by atoms with E-state index in [2.05, 4.69) is 26.1 Å². The van der Waals surface area contributed by atoms with Gasteiger partial charge in [-0.15, -0.1) is 0 Å². The van der Waals surface area contributed by atoms with Crippen molar-refractivity contribution in [3.05, 3.63) is 0 Å². The van der Waals surface area contributed by atoms with Gasteiger partial charge in [-0.25, -0.2) is 4.79 Å². The van der Waals surface area contributed by atoms with E-state index >= 15 is 0 Å². The van der Waals surface area contributed by atoms with E-state index in [0.717, 1.165) is 32.3 Å². The minimum Gasteiger partial charge on any atom is -0.396 e. The maximum atomic E-state index is 12.8. The number of hydrogen-bond donors (Lipinski definition) is 2. The molecule has 2 aliphatic rings. The van der Waals surface area contributed by atoms with Crippen LogP contribution in [0.4, 0.5) is 4.79 Å². The average Bonchev–Trinajstić information content (AvgIpc) is 2.51. The lowest BCUT2D eigenvalue weighted by molar-refractivity contribution is -0.108. The van der Waals surface area contributed by atoms with Crippen LogP contribution >= 0.6 is 0 Å². The Labute approximate surface area is 147 Å². The Bertz CT molecular complexity index is 394. The molecule has 5 nitrogen and oxygen atoms in total. The van der Waals surface area contributed by atoms with Gasteiger partial charge in [-0.2, -0.15) is 0 Å². The predicted molar refractivity (Wildman–Crippen MR) is 96.1 cm³/mol. The van der Waals surface area contributed by atoms with E-state index in [4.69, 9.17) is 9.84 Å². The Hall–Kier alpha value is -0.810. The number of hydrogen-bond acceptors (Lipinski definition) is 3. The summed E-state index contributed by atoms with van der Waals surface area (Å²) in [6, 6.07) is 0.220. The zero-order valence-electron chi connectivity index (χ0n) is 15.8. The molecule has 1 aliphatic heterocycles. The van der Waals surface area contributed by atoms with Gasteiger partial charge >= 0.3 is 6.03 Å². The highest BCUT2D eigenvalue weighted by Gasteiger charge is 2.39. The van der Waals surface area contributed by atoms with Crippen molar-refractivity contribution < 1.29 is 14.6 Å². The van der Waals surface area contributed by atoms with Crippen molar-refractivity contribution in [2.75, 3.05) is 26.3 Å². The second kappa shape index (κ2) is 8.52. The van der Waals surface area contributed by atoms with Crippen LogP contribution in [0.15, 0.2) is 0 Å². The number of amides is 2. The van der Waals surface area contributed by atoms with Crippen molar-refractivity contribution in [2.45, 2.75) is 83.8 Å². The largest absolute Gasteiger partial charge is 0.396 e. The molecule has 0 aromatic rings. The van der Waals surface area contributed by atoms with Crippen molar-refractivity contribution in [1.29, 1.82) is 0 Å². The maximum absolute atomic E-state index is 12.8. The first kappa shape index (κ1) is 19.5. The fraction of sp³-hybridized carbons (Fsp3) is 0.947. The van der Waals surface area contributed by atoms with Crippen LogP contribution in [-0.4, -0.2) is 54.0 Å². The van der Waals surface area contributed by atoms with E-state index in [0.29, 0.717) is 19.5 Å². The van der Waals surface area contributed by atoms with Crippen LogP contribution in [0.5, 0.6) is 0 Å². The van der Waals surface area contributed by atoms with Gasteiger partial charge in [-0.05, 0) is 37.5 Å². The Morgan fingerprint density at radius 2 is 2.00 bits per heavy atom. The second-order valence-electron chi connectivity index (χ2n) is 8.79. The molecular formula is C19H36N2O3. The first-order chi connectivity index (χ1) is 11.3. The molecule has 1 aliphatic carbocycles. The molecule has 2 N–H and O–H groups in total. The summed E-state index contributed by atoms with van der Waals surface area (Å²) in [7, 11) is 0. The molecule has 1 atom stereocenters. The highest BCUT2D eigenvalue weighted by Crippen LogP contribution is 2.38. The molecule has 1 unspecified atom stereocenters. The molecule has 1 spiro atoms. The molecule has 2 fully saturated rings. The summed E-state index contributed by atoms with van der Waals surface area (Å²) in [6.45, 7) is 8.59. The quantitative estimate of drug-likeness (QED) is 0.807. The smallest absolute Gasteiger partial charge is 0.317 e. The minimum absolute atomic E-state index is 0.00834. The molecule has 2 amide bonds. The third-order valence-corrected chi connectivity index (χ3v) is 5.12. The van der Waals surface area contributed by atoms with Gasteiger partial charge in [0.25, 0.3) is 0 Å². The van der Waals surface area contributed by atoms with Crippen LogP contribution in [0.3, 0.4) is 0 Å². The molecule has 1 saturated carbocycles. The number of carbonyl (C=O) groups excluding carboxylic acids is 1. The van der Waals surface area contributed by atoms with Gasteiger partial charge in [0.15, 0.2) is 0 Å². The van der Waals surface area contributed by atoms with E-state index in [1.807, 2.05) is 4.90 Å². The summed E-state index contributed by atoms with van der Waals surface area (Å²) in [4.78, 5) is 14.6. The maximum Gasteiger partial charge on any atom is 0.317 e. The lowest BCUT2D eigenvalue weighted by Gasteiger charge is -2.44. The number of ether oxygens (including phenoxy) is 1. The molecule has 0 aromatic carbocycles. The topological polar surface area (TPSA) is 61.8 Å². The summed E-state index contributed by atoms with van der Waals surface area (Å²) >= 11 is 0. The molecule has 0 radical (unpaired) electrons. The number of nitrogens with zero attached hydrogens (tertiary/aromatic N) is 1. The van der Waals surface area contributed by atoms with E-state index in [-0.39, 0.29) is 29.7 Å². The molecule has 0 bridgehead atoms. The number of aliphatic hydroxyl groups is 1. The van der Waals surface area contributed by atoms with Crippen LogP contribution in [0.25, 0.3) is 0 Å². The molecule has 24 heavy (non-hydrogen) atoms. The van der Waals surface area contributed by atoms with E-state index in [1.165, 1.54) is 19.3 Å². The monoisotopic (exact) mass is 340 g/mol. The van der Waals surface area contributed by atoms with Crippen molar-refractivity contribution in [3.8, 4) is 0 Å². The zero-order valence-corrected chi connectivity index (χ0v) is 15.8. The lowest BCUT2D eigenvalue weighted by atomic mass is 9.78. The number of carbonyl (C=O) groups is 1. The third-order valence-electron chi connectivity index (χ3n) is 5.12. The van der Waals surface area contributed by atoms with Gasteiger partial charge in [0, 0.05) is 32.3 Å². The first-order valence-electron chi connectivity index (χ1n) is 9.64. The Morgan fingerprint density at radius 3 is 2.62 bits per heavy atom. The summed E-state index contributed by atoms with van der Waals surface area (Å²) in [6.07, 6.45) is 8.54. The molecule has 2 rings (SSSR count). The molecule has 1 saturated heterocycles. The fourth-order valence-corrected chi connectivity index (χ4v) is 4.05. The van der Waals surface area contributed by atoms with E-state index in [9.17, 15) is 4.79 Å². The van der Waals surface area contributed by atoms with Crippen molar-refractivity contribution >= 4 is 6.03 Å². The van der Waals surface area contributed by atoms with Crippen LogP contribution < -0.4 is 5.32 Å². The number of aliphatic hydroxyl groups excluding tert-OH is 1. The normalized spacial score (nSPS) is 23.9. The summed E-state index contributed by atoms with van der Waals surface area (Å²) in [5, 5.41) is 12.4. The number of nitrogens with one attached hydrogen (secondary N) is 1. The van der Waals surface area contributed by atoms with Crippen molar-refractivity contribution in [3.63, 3.8) is 0 Å². The van der Waals surface area contributed by atoms with Crippen molar-refractivity contribution in [1.82, 2.24) is 10.2 Å². The fourth-order valence-electron chi connectivity index (χ4n) is 4.05. The van der Waals surface area contributed by atoms with Gasteiger partial charge in [-0.3, -0.25) is 0 Å². The molecule has 140 valence electrons. The average molecular weight is 341 g/mol. The van der Waals surface area contributed by atoms with Crippen LogP contribution in [0, 0.1) is 5.41 Å². The predicted octanol–water partition coefficient (Wildman–Crippen LogP) is 3.31. The van der Waals surface area contributed by atoms with E-state index in [1.54, 1.807) is 0 Å². The molecular weight excluding hydrogens is 304 g/mol. The first-order valence-corrected chi connectivity index (χ1v) is 9.64. The van der Waals surface area contributed by atoms with Gasteiger partial charge in [0.05, 0.1) is 5.60 Å². The second-order valence-corrected chi connectivity index (χ2v) is 8.79. The molecule has 1 heterocycles. The molecule has 5 heteroatoms. The van der Waals surface area contributed by atoms with Crippen molar-refractivity contribution in [2.24, 2.45) is 5.41 Å². The van der Waals surface area contributed by atoms with Gasteiger partial charge in [0.1, 0.15) is 0 Å². The highest BCUT2D eigenvalue weighted by atomic mass is 16.5. The van der Waals surface area contributed by atoms with Crippen LogP contribution in [0.2, 0.25) is 0 Å².